The Hall–Kier alpha value is -3.86. The second-order valence-corrected chi connectivity index (χ2v) is 7.25. The fourth-order valence-electron chi connectivity index (χ4n) is 3.11. The first-order valence-electron chi connectivity index (χ1n) is 10.1. The van der Waals surface area contributed by atoms with Crippen molar-refractivity contribution in [1.29, 1.82) is 0 Å². The highest BCUT2D eigenvalue weighted by Gasteiger charge is 2.30. The van der Waals surface area contributed by atoms with Crippen molar-refractivity contribution < 1.29 is 19.1 Å². The number of nitrogens with one attached hydrogen (secondary N) is 2. The summed E-state index contributed by atoms with van der Waals surface area (Å²) in [4.78, 5) is 27.9. The van der Waals surface area contributed by atoms with Crippen LogP contribution in [0.25, 0.3) is 11.4 Å². The number of amides is 1. The summed E-state index contributed by atoms with van der Waals surface area (Å²) < 4.78 is 12.4. The number of carbonyl (C=O) groups excluding carboxylic acids is 2. The maximum Gasteiger partial charge on any atom is 0.228 e. The molecule has 0 atom stereocenters. The molecule has 1 aromatic carbocycles. The van der Waals surface area contributed by atoms with Gasteiger partial charge in [0.2, 0.25) is 5.91 Å². The number of ether oxygens (including phenoxy) is 2. The lowest BCUT2D eigenvalue weighted by Gasteiger charge is -2.15. The highest BCUT2D eigenvalue weighted by molar-refractivity contribution is 5.94. The van der Waals surface area contributed by atoms with Gasteiger partial charge in [0.25, 0.3) is 0 Å². The lowest BCUT2D eigenvalue weighted by atomic mass is 10.1. The van der Waals surface area contributed by atoms with Crippen LogP contribution < -0.4 is 15.4 Å². The Morgan fingerprint density at radius 3 is 2.81 bits per heavy atom. The van der Waals surface area contributed by atoms with E-state index in [0.717, 1.165) is 12.8 Å². The molecule has 1 amide bonds. The van der Waals surface area contributed by atoms with Gasteiger partial charge in [-0.15, -0.1) is 10.2 Å². The van der Waals surface area contributed by atoms with Gasteiger partial charge >= 0.3 is 0 Å². The first-order chi connectivity index (χ1) is 15.6. The van der Waals surface area contributed by atoms with E-state index in [1.54, 1.807) is 37.4 Å². The van der Waals surface area contributed by atoms with E-state index in [2.05, 4.69) is 30.9 Å². The van der Waals surface area contributed by atoms with Crippen molar-refractivity contribution in [3.05, 3.63) is 36.3 Å². The Morgan fingerprint density at radius 2 is 2.09 bits per heavy atom. The molecule has 0 aliphatic heterocycles. The summed E-state index contributed by atoms with van der Waals surface area (Å²) >= 11 is 0. The van der Waals surface area contributed by atoms with Crippen LogP contribution in [-0.2, 0) is 16.1 Å². The summed E-state index contributed by atoms with van der Waals surface area (Å²) in [5.74, 6) is 1.17. The fourth-order valence-corrected chi connectivity index (χ4v) is 3.11. The summed E-state index contributed by atoms with van der Waals surface area (Å²) in [6.45, 7) is 1.09. The quantitative estimate of drug-likeness (QED) is 0.458. The number of rotatable bonds is 10. The number of carbonyl (C=O) groups is 2. The molecule has 3 aromatic rings. The van der Waals surface area contributed by atoms with Crippen LogP contribution in [0.5, 0.6) is 5.75 Å². The van der Waals surface area contributed by atoms with Gasteiger partial charge in [0, 0.05) is 19.1 Å². The molecule has 0 saturated heterocycles. The normalized spacial score (nSPS) is 12.9. The van der Waals surface area contributed by atoms with E-state index in [1.807, 2.05) is 12.1 Å². The number of nitrogens with zero attached hydrogens (tertiary/aromatic N) is 5. The maximum absolute atomic E-state index is 12.1. The Morgan fingerprint density at radius 1 is 1.25 bits per heavy atom. The smallest absolute Gasteiger partial charge is 0.228 e. The molecule has 11 heteroatoms. The summed E-state index contributed by atoms with van der Waals surface area (Å²) in [5, 5.41) is 18.2. The summed E-state index contributed by atoms with van der Waals surface area (Å²) in [7, 11) is 3.17. The van der Waals surface area contributed by atoms with Crippen LogP contribution in [0.4, 0.5) is 17.2 Å². The maximum atomic E-state index is 12.1. The zero-order valence-electron chi connectivity index (χ0n) is 17.7. The molecule has 4 rings (SSSR count). The van der Waals surface area contributed by atoms with Crippen molar-refractivity contribution in [3.8, 4) is 17.1 Å². The van der Waals surface area contributed by atoms with Gasteiger partial charge in [-0.25, -0.2) is 4.98 Å². The summed E-state index contributed by atoms with van der Waals surface area (Å²) in [6, 6.07) is 7.02. The van der Waals surface area contributed by atoms with Crippen molar-refractivity contribution in [1.82, 2.24) is 25.0 Å². The minimum absolute atomic E-state index is 0.0203. The minimum atomic E-state index is -0.0983. The van der Waals surface area contributed by atoms with Gasteiger partial charge in [-0.3, -0.25) is 14.3 Å². The molecule has 11 nitrogen and oxygen atoms in total. The molecule has 32 heavy (non-hydrogen) atoms. The third-order valence-corrected chi connectivity index (χ3v) is 4.92. The number of benzene rings is 1. The van der Waals surface area contributed by atoms with Crippen LogP contribution in [-0.4, -0.2) is 58.0 Å². The number of hydrogen-bond donors (Lipinski definition) is 2. The number of aromatic nitrogens is 5. The molecule has 2 aromatic heterocycles. The number of methoxy groups -OCH3 is 2. The molecule has 0 radical (unpaired) electrons. The van der Waals surface area contributed by atoms with Crippen molar-refractivity contribution in [3.63, 3.8) is 0 Å². The van der Waals surface area contributed by atoms with Crippen LogP contribution in [0.15, 0.2) is 30.6 Å². The molecule has 1 aliphatic rings. The van der Waals surface area contributed by atoms with E-state index >= 15 is 0 Å². The first-order valence-corrected chi connectivity index (χ1v) is 10.1. The Bertz CT molecular complexity index is 1130. The second kappa shape index (κ2) is 9.52. The van der Waals surface area contributed by atoms with Crippen molar-refractivity contribution >= 4 is 29.4 Å². The lowest BCUT2D eigenvalue weighted by molar-refractivity contribution is -0.117. The molecule has 2 N–H and O–H groups in total. The molecular formula is C21H23N7O4. The standard InChI is InChI=1S/C21H23N7O4/c1-31-9-8-28-12-22-20(27-28)14-4-3-5-15(19(14)32-2)23-16-10-18(26-25-17(16)11-29)24-21(30)13-6-7-13/h3-5,10-13H,6-9H2,1-2H3,(H2,23,24,26,30). The lowest BCUT2D eigenvalue weighted by Crippen LogP contribution is -2.15. The Labute approximate surface area is 184 Å². The van der Waals surface area contributed by atoms with E-state index in [4.69, 9.17) is 9.47 Å². The molecule has 0 unspecified atom stereocenters. The molecule has 1 saturated carbocycles. The van der Waals surface area contributed by atoms with E-state index in [9.17, 15) is 9.59 Å². The van der Waals surface area contributed by atoms with Gasteiger partial charge in [0.15, 0.2) is 23.7 Å². The van der Waals surface area contributed by atoms with E-state index in [-0.39, 0.29) is 23.3 Å². The van der Waals surface area contributed by atoms with Crippen LogP contribution in [0.1, 0.15) is 23.3 Å². The molecule has 1 aliphatic carbocycles. The monoisotopic (exact) mass is 437 g/mol. The van der Waals surface area contributed by atoms with Gasteiger partial charge in [0.1, 0.15) is 12.0 Å². The highest BCUT2D eigenvalue weighted by atomic mass is 16.5. The Kier molecular flexibility index (Phi) is 6.36. The van der Waals surface area contributed by atoms with Crippen molar-refractivity contribution in [2.75, 3.05) is 31.5 Å². The SMILES string of the molecule is COCCn1cnc(-c2cccc(Nc3cc(NC(=O)C4CC4)nnc3C=O)c2OC)n1. The Balaban J connectivity index is 1.62. The van der Waals surface area contributed by atoms with Gasteiger partial charge < -0.3 is 20.1 Å². The van der Waals surface area contributed by atoms with E-state index in [0.29, 0.717) is 47.9 Å². The third kappa shape index (κ3) is 4.72. The van der Waals surface area contributed by atoms with E-state index < -0.39 is 0 Å². The average molecular weight is 437 g/mol. The summed E-state index contributed by atoms with van der Waals surface area (Å²) in [6.07, 6.45) is 3.96. The zero-order chi connectivity index (χ0) is 22.5. The van der Waals surface area contributed by atoms with Crippen LogP contribution >= 0.6 is 0 Å². The largest absolute Gasteiger partial charge is 0.494 e. The number of hydrogen-bond acceptors (Lipinski definition) is 9. The van der Waals surface area contributed by atoms with Crippen LogP contribution in [0, 0.1) is 5.92 Å². The fraction of sp³-hybridized carbons (Fsp3) is 0.333. The van der Waals surface area contributed by atoms with Gasteiger partial charge in [-0.1, -0.05) is 6.07 Å². The molecule has 2 heterocycles. The zero-order valence-corrected chi connectivity index (χ0v) is 17.7. The van der Waals surface area contributed by atoms with Gasteiger partial charge in [0.05, 0.1) is 37.2 Å². The first kappa shape index (κ1) is 21.4. The van der Waals surface area contributed by atoms with E-state index in [1.165, 1.54) is 0 Å². The second-order valence-electron chi connectivity index (χ2n) is 7.25. The highest BCUT2D eigenvalue weighted by Crippen LogP contribution is 2.37. The molecule has 1 fully saturated rings. The average Bonchev–Trinajstić information content (AvgIpc) is 3.56. The molecule has 0 spiro atoms. The van der Waals surface area contributed by atoms with Crippen molar-refractivity contribution in [2.45, 2.75) is 19.4 Å². The molecule has 0 bridgehead atoms. The number of para-hydroxylation sites is 1. The number of aldehydes is 1. The summed E-state index contributed by atoms with van der Waals surface area (Å²) in [5.41, 5.74) is 1.73. The number of anilines is 3. The third-order valence-electron chi connectivity index (χ3n) is 4.92. The van der Waals surface area contributed by atoms with Gasteiger partial charge in [-0.05, 0) is 25.0 Å². The van der Waals surface area contributed by atoms with Gasteiger partial charge in [-0.2, -0.15) is 5.10 Å². The predicted octanol–water partition coefficient (Wildman–Crippen LogP) is 2.29. The molecular weight excluding hydrogens is 414 g/mol. The topological polar surface area (TPSA) is 133 Å². The molecule has 166 valence electrons. The minimum Gasteiger partial charge on any atom is -0.494 e. The predicted molar refractivity (Wildman–Crippen MR) is 116 cm³/mol. The van der Waals surface area contributed by atoms with Crippen molar-refractivity contribution in [2.24, 2.45) is 5.92 Å². The van der Waals surface area contributed by atoms with Crippen LogP contribution in [0.3, 0.4) is 0 Å². The van der Waals surface area contributed by atoms with Crippen LogP contribution in [0.2, 0.25) is 0 Å².